The average Bonchev–Trinajstić information content (AvgIpc) is 2.90. The third-order valence-electron chi connectivity index (χ3n) is 3.29. The van der Waals surface area contributed by atoms with Gasteiger partial charge in [0.05, 0.1) is 17.2 Å². The fourth-order valence-electron chi connectivity index (χ4n) is 2.12. The van der Waals surface area contributed by atoms with Crippen molar-refractivity contribution in [2.75, 3.05) is 23.5 Å². The molecule has 0 saturated carbocycles. The number of benzene rings is 1. The fraction of sp³-hybridized carbons (Fsp3) is 0.462. The molecule has 1 saturated heterocycles. The van der Waals surface area contributed by atoms with Crippen LogP contribution in [0.25, 0.3) is 0 Å². The van der Waals surface area contributed by atoms with Gasteiger partial charge in [-0.25, -0.2) is 0 Å². The molecule has 1 aliphatic rings. The molecule has 1 aromatic carbocycles. The molecule has 1 fully saturated rings. The van der Waals surface area contributed by atoms with Crippen molar-refractivity contribution in [3.05, 3.63) is 29.3 Å². The van der Waals surface area contributed by atoms with Gasteiger partial charge in [-0.3, -0.25) is 0 Å². The lowest BCUT2D eigenvalue weighted by atomic mass is 10.1. The van der Waals surface area contributed by atoms with Crippen molar-refractivity contribution in [1.82, 2.24) is 0 Å². The quantitative estimate of drug-likeness (QED) is 0.832. The van der Waals surface area contributed by atoms with E-state index >= 15 is 0 Å². The van der Waals surface area contributed by atoms with Crippen LogP contribution in [0.1, 0.15) is 17.5 Å². The highest BCUT2D eigenvalue weighted by molar-refractivity contribution is 7.99. The van der Waals surface area contributed by atoms with Crippen LogP contribution >= 0.6 is 11.8 Å². The van der Waals surface area contributed by atoms with Crippen molar-refractivity contribution >= 4 is 17.4 Å². The number of thioether (sulfide) groups is 1. The second-order valence-corrected chi connectivity index (χ2v) is 5.62. The summed E-state index contributed by atoms with van der Waals surface area (Å²) < 4.78 is 38.6. The molecule has 1 heterocycles. The SMILES string of the molecule is CN(c1ccc(C#N)c(C(F)(F)F)c1)C1CCSC1. The van der Waals surface area contributed by atoms with Crippen molar-refractivity contribution in [2.24, 2.45) is 0 Å². The third kappa shape index (κ3) is 2.98. The van der Waals surface area contributed by atoms with Crippen molar-refractivity contribution in [1.29, 1.82) is 5.26 Å². The predicted octanol–water partition coefficient (Wildman–Crippen LogP) is 3.52. The summed E-state index contributed by atoms with van der Waals surface area (Å²) >= 11 is 1.81. The largest absolute Gasteiger partial charge is 0.417 e. The maximum atomic E-state index is 12.9. The van der Waals surface area contributed by atoms with Crippen LogP contribution in [-0.4, -0.2) is 24.6 Å². The van der Waals surface area contributed by atoms with E-state index in [2.05, 4.69) is 0 Å². The highest BCUT2D eigenvalue weighted by Gasteiger charge is 2.34. The molecule has 0 aliphatic carbocycles. The molecule has 2 rings (SSSR count). The van der Waals surface area contributed by atoms with E-state index in [0.717, 1.165) is 24.0 Å². The molecule has 1 atom stereocenters. The molecule has 0 N–H and O–H groups in total. The Bertz CT molecular complexity index is 502. The Balaban J connectivity index is 2.35. The number of nitriles is 1. The van der Waals surface area contributed by atoms with Gasteiger partial charge in [-0.2, -0.15) is 30.2 Å². The van der Waals surface area contributed by atoms with E-state index in [1.165, 1.54) is 6.07 Å². The molecule has 2 nitrogen and oxygen atoms in total. The lowest BCUT2D eigenvalue weighted by Crippen LogP contribution is -2.31. The van der Waals surface area contributed by atoms with Crippen molar-refractivity contribution < 1.29 is 13.2 Å². The fourth-order valence-corrected chi connectivity index (χ4v) is 3.39. The topological polar surface area (TPSA) is 27.0 Å². The Hall–Kier alpha value is -1.35. The second kappa shape index (κ2) is 5.33. The van der Waals surface area contributed by atoms with Gasteiger partial charge < -0.3 is 4.90 Å². The standard InChI is InChI=1S/C13H13F3N2S/c1-18(11-4-5-19-8-11)10-3-2-9(7-17)12(6-10)13(14,15)16/h2-3,6,11H,4-5,8H2,1H3. The van der Waals surface area contributed by atoms with Crippen LogP contribution in [0.5, 0.6) is 0 Å². The predicted molar refractivity (Wildman–Crippen MR) is 70.3 cm³/mol. The highest BCUT2D eigenvalue weighted by Crippen LogP contribution is 2.35. The molecular formula is C13H13F3N2S. The molecule has 0 spiro atoms. The first-order valence-electron chi connectivity index (χ1n) is 5.85. The van der Waals surface area contributed by atoms with Crippen LogP contribution in [0.4, 0.5) is 18.9 Å². The zero-order chi connectivity index (χ0) is 14.0. The van der Waals surface area contributed by atoms with Crippen molar-refractivity contribution in [3.63, 3.8) is 0 Å². The molecular weight excluding hydrogens is 273 g/mol. The normalized spacial score (nSPS) is 19.2. The number of nitrogens with zero attached hydrogens (tertiary/aromatic N) is 2. The van der Waals surface area contributed by atoms with Gasteiger partial charge in [0.25, 0.3) is 0 Å². The maximum absolute atomic E-state index is 12.9. The summed E-state index contributed by atoms with van der Waals surface area (Å²) in [6, 6.07) is 5.76. The first-order valence-corrected chi connectivity index (χ1v) is 7.01. The summed E-state index contributed by atoms with van der Waals surface area (Å²) in [4.78, 5) is 1.87. The monoisotopic (exact) mass is 286 g/mol. The van der Waals surface area contributed by atoms with E-state index in [4.69, 9.17) is 5.26 Å². The van der Waals surface area contributed by atoms with Gasteiger partial charge in [-0.1, -0.05) is 0 Å². The van der Waals surface area contributed by atoms with Crippen LogP contribution in [0.2, 0.25) is 0 Å². The molecule has 1 unspecified atom stereocenters. The molecule has 1 aromatic rings. The van der Waals surface area contributed by atoms with E-state index < -0.39 is 11.7 Å². The summed E-state index contributed by atoms with van der Waals surface area (Å²) in [5.41, 5.74) is -0.672. The molecule has 0 radical (unpaired) electrons. The first-order chi connectivity index (χ1) is 8.93. The van der Waals surface area contributed by atoms with Gasteiger partial charge in [0.1, 0.15) is 0 Å². The number of hydrogen-bond acceptors (Lipinski definition) is 3. The molecule has 0 amide bonds. The minimum absolute atomic E-state index is 0.263. The van der Waals surface area contributed by atoms with Gasteiger partial charge in [0.2, 0.25) is 0 Å². The highest BCUT2D eigenvalue weighted by atomic mass is 32.2. The van der Waals surface area contributed by atoms with E-state index in [9.17, 15) is 13.2 Å². The Morgan fingerprint density at radius 2 is 2.16 bits per heavy atom. The molecule has 0 aromatic heterocycles. The maximum Gasteiger partial charge on any atom is 0.417 e. The summed E-state index contributed by atoms with van der Waals surface area (Å²) in [6.45, 7) is 0. The van der Waals surface area contributed by atoms with E-state index in [-0.39, 0.29) is 11.6 Å². The van der Waals surface area contributed by atoms with Crippen LogP contribution in [-0.2, 0) is 6.18 Å². The van der Waals surface area contributed by atoms with E-state index in [1.807, 2.05) is 4.90 Å². The number of rotatable bonds is 2. The molecule has 19 heavy (non-hydrogen) atoms. The third-order valence-corrected chi connectivity index (χ3v) is 4.43. The van der Waals surface area contributed by atoms with E-state index in [0.29, 0.717) is 5.69 Å². The molecule has 6 heteroatoms. The number of halogens is 3. The van der Waals surface area contributed by atoms with Crippen molar-refractivity contribution in [3.8, 4) is 6.07 Å². The van der Waals surface area contributed by atoms with Crippen LogP contribution in [0, 0.1) is 11.3 Å². The van der Waals surface area contributed by atoms with Crippen LogP contribution in [0.3, 0.4) is 0 Å². The minimum Gasteiger partial charge on any atom is -0.371 e. The summed E-state index contributed by atoms with van der Waals surface area (Å²) in [7, 11) is 1.80. The summed E-state index contributed by atoms with van der Waals surface area (Å²) in [6.07, 6.45) is -3.52. The minimum atomic E-state index is -4.49. The summed E-state index contributed by atoms with van der Waals surface area (Å²) in [5.74, 6) is 1.97. The Morgan fingerprint density at radius 1 is 1.42 bits per heavy atom. The lowest BCUT2D eigenvalue weighted by molar-refractivity contribution is -0.137. The second-order valence-electron chi connectivity index (χ2n) is 4.47. The average molecular weight is 286 g/mol. The smallest absolute Gasteiger partial charge is 0.371 e. The van der Waals surface area contributed by atoms with Gasteiger partial charge in [0, 0.05) is 24.5 Å². The van der Waals surface area contributed by atoms with Crippen molar-refractivity contribution in [2.45, 2.75) is 18.6 Å². The number of alkyl halides is 3. The number of hydrogen-bond donors (Lipinski definition) is 0. The zero-order valence-corrected chi connectivity index (χ0v) is 11.2. The Labute approximate surface area is 114 Å². The lowest BCUT2D eigenvalue weighted by Gasteiger charge is -2.27. The van der Waals surface area contributed by atoms with Gasteiger partial charge in [-0.05, 0) is 30.4 Å². The number of anilines is 1. The molecule has 0 bridgehead atoms. The van der Waals surface area contributed by atoms with Gasteiger partial charge >= 0.3 is 6.18 Å². The zero-order valence-electron chi connectivity index (χ0n) is 10.4. The van der Waals surface area contributed by atoms with Gasteiger partial charge in [-0.15, -0.1) is 0 Å². The first kappa shape index (κ1) is 14.1. The van der Waals surface area contributed by atoms with Gasteiger partial charge in [0.15, 0.2) is 0 Å². The van der Waals surface area contributed by atoms with Crippen LogP contribution in [0.15, 0.2) is 18.2 Å². The Morgan fingerprint density at radius 3 is 2.68 bits per heavy atom. The Kier molecular flexibility index (Phi) is 3.95. The van der Waals surface area contributed by atoms with E-state index in [1.54, 1.807) is 30.9 Å². The summed E-state index contributed by atoms with van der Waals surface area (Å²) in [5, 5.41) is 8.76. The van der Waals surface area contributed by atoms with Crippen LogP contribution < -0.4 is 4.90 Å². The molecule has 102 valence electrons. The molecule has 1 aliphatic heterocycles.